The molecule has 6 nitrogen and oxygen atoms in total. The first-order chi connectivity index (χ1) is 5.20. The van der Waals surface area contributed by atoms with E-state index in [0.717, 1.165) is 5.06 Å². The van der Waals surface area contributed by atoms with Crippen molar-refractivity contribution < 1.29 is 10.3 Å². The zero-order valence-corrected chi connectivity index (χ0v) is 6.33. The Morgan fingerprint density at radius 3 is 2.73 bits per heavy atom. The molecule has 0 aromatic rings. The summed E-state index contributed by atoms with van der Waals surface area (Å²) in [5, 5.41) is 23.2. The zero-order valence-electron chi connectivity index (χ0n) is 6.33. The molecule has 0 saturated carbocycles. The second kappa shape index (κ2) is 2.87. The number of aliphatic imine (C=N–C) groups is 1. The average Bonchev–Trinajstić information content (AvgIpc) is 2.26. The smallest absolute Gasteiger partial charge is 0.333 e. The highest BCUT2D eigenvalue weighted by molar-refractivity contribution is 5.74. The molecule has 0 bridgehead atoms. The molecule has 11 heavy (non-hydrogen) atoms. The Labute approximate surface area is 64.0 Å². The zero-order chi connectivity index (χ0) is 8.43. The van der Waals surface area contributed by atoms with Crippen molar-refractivity contribution in [2.24, 2.45) is 4.99 Å². The minimum absolute atomic E-state index is 0.0364. The Kier molecular flexibility index (Phi) is 2.08. The molecule has 1 atom stereocenters. The monoisotopic (exact) mass is 158 g/mol. The van der Waals surface area contributed by atoms with Crippen molar-refractivity contribution in [1.82, 2.24) is 10.4 Å². The van der Waals surface area contributed by atoms with Gasteiger partial charge >= 0.3 is 5.96 Å². The van der Waals surface area contributed by atoms with Gasteiger partial charge in [0.1, 0.15) is 6.20 Å². The molecule has 0 fully saturated rings. The van der Waals surface area contributed by atoms with Crippen molar-refractivity contribution in [1.29, 1.82) is 0 Å². The molecular formula is C5H10N4O2. The lowest BCUT2D eigenvalue weighted by Crippen LogP contribution is -3.05. The van der Waals surface area contributed by atoms with Gasteiger partial charge in [0.15, 0.2) is 5.82 Å². The predicted octanol–water partition coefficient (Wildman–Crippen LogP) is -1.92. The second-order valence-corrected chi connectivity index (χ2v) is 2.00. The van der Waals surface area contributed by atoms with Gasteiger partial charge in [0.25, 0.3) is 0 Å². The Morgan fingerprint density at radius 2 is 2.45 bits per heavy atom. The summed E-state index contributed by atoms with van der Waals surface area (Å²) < 4.78 is 0. The number of quaternary nitrogens is 1. The van der Waals surface area contributed by atoms with E-state index in [1.165, 1.54) is 13.2 Å². The van der Waals surface area contributed by atoms with Gasteiger partial charge < -0.3 is 10.5 Å². The van der Waals surface area contributed by atoms with E-state index in [9.17, 15) is 10.4 Å². The van der Waals surface area contributed by atoms with Crippen LogP contribution in [0.5, 0.6) is 0 Å². The van der Waals surface area contributed by atoms with Gasteiger partial charge in [0.05, 0.1) is 0 Å². The first-order valence-electron chi connectivity index (χ1n) is 3.10. The van der Waals surface area contributed by atoms with Gasteiger partial charge in [-0.25, -0.2) is 4.99 Å². The lowest BCUT2D eigenvalue weighted by Gasteiger charge is -2.14. The normalized spacial score (nSPS) is 27.6. The third kappa shape index (κ3) is 1.18. The summed E-state index contributed by atoms with van der Waals surface area (Å²) >= 11 is 0. The van der Waals surface area contributed by atoms with Crippen molar-refractivity contribution in [3.05, 3.63) is 17.2 Å². The first kappa shape index (κ1) is 7.99. The number of hydrogen-bond donors (Lipinski definition) is 3. The summed E-state index contributed by atoms with van der Waals surface area (Å²) in [6, 6.07) is 0. The van der Waals surface area contributed by atoms with Gasteiger partial charge in [-0.3, -0.25) is 10.3 Å². The van der Waals surface area contributed by atoms with Crippen LogP contribution >= 0.6 is 0 Å². The molecule has 62 valence electrons. The molecule has 0 spiro atoms. The number of hydroxylamine groups is 4. The lowest BCUT2D eigenvalue weighted by molar-refractivity contribution is -0.686. The summed E-state index contributed by atoms with van der Waals surface area (Å²) in [4.78, 5) is 3.60. The maximum absolute atomic E-state index is 10.9. The number of guanidine groups is 1. The van der Waals surface area contributed by atoms with E-state index in [1.54, 1.807) is 7.05 Å². The van der Waals surface area contributed by atoms with Gasteiger partial charge in [-0.15, -0.1) is 5.06 Å². The largest absolute Gasteiger partial charge is 0.621 e. The maximum Gasteiger partial charge on any atom is 0.333 e. The summed E-state index contributed by atoms with van der Waals surface area (Å²) in [5.41, 5.74) is 0. The van der Waals surface area contributed by atoms with E-state index in [0.29, 0.717) is 5.82 Å². The fraction of sp³-hybridized carbons (Fsp3) is 0.400. The average molecular weight is 158 g/mol. The SMILES string of the molecule is CN=C1N(O)C(NC)=C[NH+]1[O-]. The van der Waals surface area contributed by atoms with Crippen molar-refractivity contribution in [2.45, 2.75) is 0 Å². The molecule has 6 heteroatoms. The quantitative estimate of drug-likeness (QED) is 0.389. The van der Waals surface area contributed by atoms with Crippen molar-refractivity contribution >= 4 is 5.96 Å². The van der Waals surface area contributed by atoms with E-state index in [-0.39, 0.29) is 11.0 Å². The second-order valence-electron chi connectivity index (χ2n) is 2.00. The molecule has 1 rings (SSSR count). The number of nitrogens with zero attached hydrogens (tertiary/aromatic N) is 2. The minimum Gasteiger partial charge on any atom is -0.621 e. The van der Waals surface area contributed by atoms with E-state index < -0.39 is 0 Å². The third-order valence-corrected chi connectivity index (χ3v) is 1.38. The summed E-state index contributed by atoms with van der Waals surface area (Å²) in [5.74, 6) is 0.380. The molecule has 1 aliphatic rings. The summed E-state index contributed by atoms with van der Waals surface area (Å²) in [6.07, 6.45) is 1.28. The van der Waals surface area contributed by atoms with Crippen LogP contribution in [0.3, 0.4) is 0 Å². The summed E-state index contributed by atoms with van der Waals surface area (Å²) in [6.45, 7) is 0. The van der Waals surface area contributed by atoms with E-state index in [4.69, 9.17) is 0 Å². The van der Waals surface area contributed by atoms with Crippen LogP contribution in [0, 0.1) is 5.21 Å². The molecule has 0 amide bonds. The standard InChI is InChI=1S/C5H10N4O2/c1-6-4-3-8(10)5(7-2)9(4)11/h3,6,8,11H,1-2H3. The summed E-state index contributed by atoms with van der Waals surface area (Å²) in [7, 11) is 3.06. The lowest BCUT2D eigenvalue weighted by atomic mass is 10.7. The van der Waals surface area contributed by atoms with Crippen LogP contribution in [0.15, 0.2) is 17.0 Å². The van der Waals surface area contributed by atoms with Gasteiger partial charge in [0, 0.05) is 14.1 Å². The molecule has 1 aliphatic heterocycles. The first-order valence-corrected chi connectivity index (χ1v) is 3.10. The fourth-order valence-electron chi connectivity index (χ4n) is 0.851. The maximum atomic E-state index is 10.9. The molecule has 0 saturated heterocycles. The van der Waals surface area contributed by atoms with Crippen molar-refractivity contribution in [3.8, 4) is 0 Å². The van der Waals surface area contributed by atoms with Crippen LogP contribution in [0.25, 0.3) is 0 Å². The van der Waals surface area contributed by atoms with Crippen LogP contribution in [-0.4, -0.2) is 30.3 Å². The number of hydrogen-bond acceptors (Lipinski definition) is 4. The van der Waals surface area contributed by atoms with E-state index in [1.807, 2.05) is 0 Å². The van der Waals surface area contributed by atoms with Gasteiger partial charge in [-0.2, -0.15) is 0 Å². The number of nitrogens with one attached hydrogen (secondary N) is 2. The number of rotatable bonds is 1. The van der Waals surface area contributed by atoms with Gasteiger partial charge in [0.2, 0.25) is 0 Å². The Bertz CT molecular complexity index is 213. The molecule has 0 aliphatic carbocycles. The molecule has 0 aromatic heterocycles. The van der Waals surface area contributed by atoms with Crippen LogP contribution < -0.4 is 10.4 Å². The molecule has 0 radical (unpaired) electrons. The highest BCUT2D eigenvalue weighted by Crippen LogP contribution is 1.97. The van der Waals surface area contributed by atoms with Crippen molar-refractivity contribution in [2.75, 3.05) is 14.1 Å². The highest BCUT2D eigenvalue weighted by atomic mass is 16.6. The Morgan fingerprint density at radius 1 is 1.82 bits per heavy atom. The molecule has 3 N–H and O–H groups in total. The van der Waals surface area contributed by atoms with Crippen LogP contribution in [0.2, 0.25) is 0 Å². The fourth-order valence-corrected chi connectivity index (χ4v) is 0.851. The van der Waals surface area contributed by atoms with Crippen LogP contribution in [-0.2, 0) is 0 Å². The van der Waals surface area contributed by atoms with E-state index in [2.05, 4.69) is 10.3 Å². The van der Waals surface area contributed by atoms with Gasteiger partial charge in [-0.1, -0.05) is 0 Å². The molecular weight excluding hydrogens is 148 g/mol. The molecule has 0 aromatic carbocycles. The Balaban J connectivity index is 2.84. The van der Waals surface area contributed by atoms with E-state index >= 15 is 0 Å². The molecule has 1 heterocycles. The highest BCUT2D eigenvalue weighted by Gasteiger charge is 2.26. The minimum atomic E-state index is -0.292. The third-order valence-electron chi connectivity index (χ3n) is 1.38. The van der Waals surface area contributed by atoms with Crippen LogP contribution in [0.1, 0.15) is 0 Å². The van der Waals surface area contributed by atoms with Crippen LogP contribution in [0.4, 0.5) is 0 Å². The van der Waals surface area contributed by atoms with Gasteiger partial charge in [-0.05, 0) is 0 Å². The molecule has 1 unspecified atom stereocenters. The van der Waals surface area contributed by atoms with Crippen molar-refractivity contribution in [3.63, 3.8) is 0 Å². The topological polar surface area (TPSA) is 75.4 Å². The predicted molar refractivity (Wildman–Crippen MR) is 38.5 cm³/mol. The Hall–Kier alpha value is -1.11.